The number of aromatic amines is 2. The van der Waals surface area contributed by atoms with Gasteiger partial charge < -0.3 is 14.9 Å². The Labute approximate surface area is 150 Å². The first-order chi connectivity index (χ1) is 12.8. The number of hydrogen-bond acceptors (Lipinski definition) is 3. The van der Waals surface area contributed by atoms with Crippen LogP contribution in [0.15, 0.2) is 49.1 Å². The summed E-state index contributed by atoms with van der Waals surface area (Å²) >= 11 is 0. The van der Waals surface area contributed by atoms with Crippen LogP contribution >= 0.6 is 0 Å². The number of carbonyl (C=O) groups excluding carboxylic acids is 1. The van der Waals surface area contributed by atoms with Crippen LogP contribution in [0.25, 0.3) is 22.1 Å². The number of pyridine rings is 1. The Morgan fingerprint density at radius 3 is 2.85 bits per heavy atom. The summed E-state index contributed by atoms with van der Waals surface area (Å²) in [7, 11) is 0. The van der Waals surface area contributed by atoms with Gasteiger partial charge in [0, 0.05) is 31.0 Å². The number of imidazole rings is 1. The fourth-order valence-electron chi connectivity index (χ4n) is 3.93. The SMILES string of the molecule is O=C(c1ccc2nc[nH]c2c1)N1CCC(c2c[nH]c3cccnc23)CC1. The van der Waals surface area contributed by atoms with Crippen LogP contribution in [0.4, 0.5) is 0 Å². The van der Waals surface area contributed by atoms with Crippen molar-refractivity contribution in [2.75, 3.05) is 13.1 Å². The summed E-state index contributed by atoms with van der Waals surface area (Å²) < 4.78 is 0. The van der Waals surface area contributed by atoms with E-state index in [0.29, 0.717) is 11.5 Å². The average Bonchev–Trinajstić information content (AvgIpc) is 3.34. The molecule has 0 unspecified atom stereocenters. The van der Waals surface area contributed by atoms with Gasteiger partial charge in [0.2, 0.25) is 0 Å². The molecule has 3 aromatic heterocycles. The third kappa shape index (κ3) is 2.45. The molecule has 1 aromatic carbocycles. The summed E-state index contributed by atoms with van der Waals surface area (Å²) in [6, 6.07) is 9.64. The highest BCUT2D eigenvalue weighted by Crippen LogP contribution is 2.32. The van der Waals surface area contributed by atoms with E-state index < -0.39 is 0 Å². The van der Waals surface area contributed by atoms with E-state index in [2.05, 4.69) is 32.2 Å². The van der Waals surface area contributed by atoms with Crippen molar-refractivity contribution < 1.29 is 4.79 Å². The van der Waals surface area contributed by atoms with Gasteiger partial charge in [-0.15, -0.1) is 0 Å². The number of hydrogen-bond donors (Lipinski definition) is 2. The molecule has 0 spiro atoms. The minimum atomic E-state index is 0.0944. The molecule has 6 heteroatoms. The van der Waals surface area contributed by atoms with Crippen molar-refractivity contribution in [3.63, 3.8) is 0 Å². The summed E-state index contributed by atoms with van der Waals surface area (Å²) in [4.78, 5) is 29.9. The fourth-order valence-corrected chi connectivity index (χ4v) is 3.93. The van der Waals surface area contributed by atoms with Gasteiger partial charge in [0.05, 0.1) is 28.4 Å². The molecule has 0 atom stereocenters. The van der Waals surface area contributed by atoms with Gasteiger partial charge in [-0.3, -0.25) is 9.78 Å². The summed E-state index contributed by atoms with van der Waals surface area (Å²) in [6.45, 7) is 1.54. The molecule has 1 amide bonds. The number of H-pyrrole nitrogens is 2. The van der Waals surface area contributed by atoms with Crippen LogP contribution in [0.1, 0.15) is 34.7 Å². The number of amides is 1. The zero-order valence-electron chi connectivity index (χ0n) is 14.3. The molecule has 0 saturated carbocycles. The average molecular weight is 345 g/mol. The van der Waals surface area contributed by atoms with Gasteiger partial charge in [0.25, 0.3) is 5.91 Å². The predicted octanol–water partition coefficient (Wildman–Crippen LogP) is 3.46. The van der Waals surface area contributed by atoms with E-state index in [1.807, 2.05) is 35.4 Å². The zero-order valence-corrected chi connectivity index (χ0v) is 14.3. The minimum Gasteiger partial charge on any atom is -0.360 e. The lowest BCUT2D eigenvalue weighted by Crippen LogP contribution is -2.37. The molecule has 1 aliphatic rings. The second kappa shape index (κ2) is 5.98. The normalized spacial score (nSPS) is 15.8. The van der Waals surface area contributed by atoms with E-state index in [1.54, 1.807) is 6.33 Å². The van der Waals surface area contributed by atoms with Gasteiger partial charge in [-0.25, -0.2) is 4.98 Å². The molecule has 1 aliphatic heterocycles. The molecule has 5 rings (SSSR count). The number of benzene rings is 1. The summed E-state index contributed by atoms with van der Waals surface area (Å²) in [5.41, 5.74) is 5.90. The standard InChI is InChI=1S/C20H19N5O/c26-20(14-3-4-16-18(10-14)24-12-23-16)25-8-5-13(6-9-25)15-11-22-17-2-1-7-21-19(15)17/h1-4,7,10-13,22H,5-6,8-9H2,(H,23,24). The molecule has 1 fully saturated rings. The van der Waals surface area contributed by atoms with Crippen LogP contribution in [-0.4, -0.2) is 43.8 Å². The Balaban J connectivity index is 1.32. The highest BCUT2D eigenvalue weighted by atomic mass is 16.2. The van der Waals surface area contributed by atoms with Crippen molar-refractivity contribution in [2.24, 2.45) is 0 Å². The molecule has 130 valence electrons. The third-order valence-electron chi connectivity index (χ3n) is 5.35. The maximum atomic E-state index is 12.8. The molecule has 0 radical (unpaired) electrons. The first kappa shape index (κ1) is 15.1. The number of aromatic nitrogens is 4. The second-order valence-electron chi connectivity index (χ2n) is 6.84. The van der Waals surface area contributed by atoms with E-state index in [0.717, 1.165) is 48.0 Å². The van der Waals surface area contributed by atoms with E-state index in [4.69, 9.17) is 0 Å². The molecule has 1 saturated heterocycles. The second-order valence-corrected chi connectivity index (χ2v) is 6.84. The summed E-state index contributed by atoms with van der Waals surface area (Å²) in [5.74, 6) is 0.537. The molecular formula is C20H19N5O. The van der Waals surface area contributed by atoms with Crippen molar-refractivity contribution in [1.82, 2.24) is 24.8 Å². The van der Waals surface area contributed by atoms with Gasteiger partial charge in [-0.1, -0.05) is 0 Å². The largest absolute Gasteiger partial charge is 0.360 e. The Kier molecular flexibility index (Phi) is 3.48. The van der Waals surface area contributed by atoms with Gasteiger partial charge in [-0.05, 0) is 54.7 Å². The van der Waals surface area contributed by atoms with Crippen LogP contribution in [0.2, 0.25) is 0 Å². The molecule has 0 bridgehead atoms. The highest BCUT2D eigenvalue weighted by Gasteiger charge is 2.26. The lowest BCUT2D eigenvalue weighted by Gasteiger charge is -2.32. The fraction of sp³-hybridized carbons (Fsp3) is 0.250. The highest BCUT2D eigenvalue weighted by molar-refractivity contribution is 5.97. The van der Waals surface area contributed by atoms with Crippen molar-refractivity contribution in [1.29, 1.82) is 0 Å². The smallest absolute Gasteiger partial charge is 0.253 e. The maximum Gasteiger partial charge on any atom is 0.253 e. The van der Waals surface area contributed by atoms with Gasteiger partial charge in [-0.2, -0.15) is 0 Å². The number of piperidine rings is 1. The first-order valence-electron chi connectivity index (χ1n) is 8.94. The Morgan fingerprint density at radius 2 is 1.96 bits per heavy atom. The van der Waals surface area contributed by atoms with Crippen LogP contribution in [0.3, 0.4) is 0 Å². The van der Waals surface area contributed by atoms with Crippen LogP contribution < -0.4 is 0 Å². The predicted molar refractivity (Wildman–Crippen MR) is 100 cm³/mol. The van der Waals surface area contributed by atoms with Gasteiger partial charge in [0.1, 0.15) is 0 Å². The quantitative estimate of drug-likeness (QED) is 0.584. The maximum absolute atomic E-state index is 12.8. The molecule has 26 heavy (non-hydrogen) atoms. The van der Waals surface area contributed by atoms with E-state index in [1.165, 1.54) is 5.56 Å². The van der Waals surface area contributed by atoms with Crippen LogP contribution in [-0.2, 0) is 0 Å². The first-order valence-corrected chi connectivity index (χ1v) is 8.94. The van der Waals surface area contributed by atoms with Crippen molar-refractivity contribution in [3.05, 3.63) is 60.2 Å². The Morgan fingerprint density at radius 1 is 1.08 bits per heavy atom. The topological polar surface area (TPSA) is 77.7 Å². The number of nitrogens with one attached hydrogen (secondary N) is 2. The molecule has 6 nitrogen and oxygen atoms in total. The Hall–Kier alpha value is -3.15. The number of likely N-dealkylation sites (tertiary alicyclic amines) is 1. The third-order valence-corrected chi connectivity index (χ3v) is 5.35. The molecule has 0 aliphatic carbocycles. The van der Waals surface area contributed by atoms with Crippen molar-refractivity contribution in [2.45, 2.75) is 18.8 Å². The van der Waals surface area contributed by atoms with Gasteiger partial charge in [0.15, 0.2) is 0 Å². The monoisotopic (exact) mass is 345 g/mol. The van der Waals surface area contributed by atoms with Crippen molar-refractivity contribution in [3.8, 4) is 0 Å². The van der Waals surface area contributed by atoms with E-state index in [9.17, 15) is 4.79 Å². The van der Waals surface area contributed by atoms with E-state index >= 15 is 0 Å². The van der Waals surface area contributed by atoms with Gasteiger partial charge >= 0.3 is 0 Å². The molecular weight excluding hydrogens is 326 g/mol. The summed E-state index contributed by atoms with van der Waals surface area (Å²) in [5, 5.41) is 0. The molecule has 4 aromatic rings. The molecule has 4 heterocycles. The molecule has 2 N–H and O–H groups in total. The number of fused-ring (bicyclic) bond motifs is 2. The van der Waals surface area contributed by atoms with Crippen LogP contribution in [0, 0.1) is 0 Å². The number of carbonyl (C=O) groups is 1. The lowest BCUT2D eigenvalue weighted by molar-refractivity contribution is 0.0713. The van der Waals surface area contributed by atoms with Crippen LogP contribution in [0.5, 0.6) is 0 Å². The number of rotatable bonds is 2. The zero-order chi connectivity index (χ0) is 17.5. The van der Waals surface area contributed by atoms with Crippen molar-refractivity contribution >= 4 is 28.0 Å². The van der Waals surface area contributed by atoms with E-state index in [-0.39, 0.29) is 5.91 Å². The number of nitrogens with zero attached hydrogens (tertiary/aromatic N) is 3. The lowest BCUT2D eigenvalue weighted by atomic mass is 9.90. The Bertz CT molecular complexity index is 1090. The summed E-state index contributed by atoms with van der Waals surface area (Å²) in [6.07, 6.45) is 7.48. The minimum absolute atomic E-state index is 0.0944.